The molecule has 0 aromatic heterocycles. The van der Waals surface area contributed by atoms with Gasteiger partial charge in [0.2, 0.25) is 21.8 Å². The van der Waals surface area contributed by atoms with E-state index in [9.17, 15) is 18.0 Å². The van der Waals surface area contributed by atoms with Crippen molar-refractivity contribution in [3.05, 3.63) is 24.3 Å². The molecule has 0 radical (unpaired) electrons. The van der Waals surface area contributed by atoms with Gasteiger partial charge in [-0.1, -0.05) is 19.3 Å². The Morgan fingerprint density at radius 3 is 2.08 bits per heavy atom. The summed E-state index contributed by atoms with van der Waals surface area (Å²) < 4.78 is 27.5. The Kier molecular flexibility index (Phi) is 7.16. The molecule has 1 aliphatic rings. The standard InChI is InChI=1S/C18H27N3O4S/c1-14(18(23)21-12-6-4-3-5-7-13-21)20-26(24,25)17-10-8-16(9-11-17)19-15(2)22/h8-11,14,20H,3-7,12-13H2,1-2H3,(H,19,22)/t14-/m0/s1. The zero-order valence-electron chi connectivity index (χ0n) is 15.3. The van der Waals surface area contributed by atoms with Crippen LogP contribution in [0.3, 0.4) is 0 Å². The molecule has 7 nitrogen and oxygen atoms in total. The lowest BCUT2D eigenvalue weighted by Gasteiger charge is -2.27. The molecule has 2 rings (SSSR count). The largest absolute Gasteiger partial charge is 0.341 e. The van der Waals surface area contributed by atoms with Crippen molar-refractivity contribution in [2.45, 2.75) is 56.9 Å². The van der Waals surface area contributed by atoms with Crippen molar-refractivity contribution in [2.75, 3.05) is 18.4 Å². The molecule has 1 saturated heterocycles. The molecule has 1 aromatic rings. The van der Waals surface area contributed by atoms with Gasteiger partial charge in [0, 0.05) is 25.7 Å². The van der Waals surface area contributed by atoms with E-state index in [1.54, 1.807) is 11.8 Å². The molecule has 0 spiro atoms. The molecule has 1 fully saturated rings. The summed E-state index contributed by atoms with van der Waals surface area (Å²) in [7, 11) is -3.81. The fraction of sp³-hybridized carbons (Fsp3) is 0.556. The highest BCUT2D eigenvalue weighted by atomic mass is 32.2. The summed E-state index contributed by atoms with van der Waals surface area (Å²) in [6, 6.07) is 5.01. The Balaban J connectivity index is 2.02. The van der Waals surface area contributed by atoms with Crippen molar-refractivity contribution < 1.29 is 18.0 Å². The third kappa shape index (κ3) is 5.81. The van der Waals surface area contributed by atoms with E-state index in [0.717, 1.165) is 25.7 Å². The lowest BCUT2D eigenvalue weighted by Crippen LogP contribution is -2.47. The van der Waals surface area contributed by atoms with Crippen molar-refractivity contribution in [1.82, 2.24) is 9.62 Å². The van der Waals surface area contributed by atoms with Crippen molar-refractivity contribution >= 4 is 27.5 Å². The summed E-state index contributed by atoms with van der Waals surface area (Å²) in [5.41, 5.74) is 0.515. The van der Waals surface area contributed by atoms with Gasteiger partial charge in [0.25, 0.3) is 0 Å². The quantitative estimate of drug-likeness (QED) is 0.816. The number of hydrogen-bond donors (Lipinski definition) is 2. The first kappa shape index (κ1) is 20.4. The van der Waals surface area contributed by atoms with Gasteiger partial charge in [-0.25, -0.2) is 8.42 Å². The highest BCUT2D eigenvalue weighted by Gasteiger charge is 2.26. The predicted molar refractivity (Wildman–Crippen MR) is 100 cm³/mol. The normalized spacial score (nSPS) is 17.1. The minimum atomic E-state index is -3.81. The molecular weight excluding hydrogens is 354 g/mol. The first-order valence-electron chi connectivity index (χ1n) is 8.98. The molecule has 144 valence electrons. The Morgan fingerprint density at radius 2 is 1.54 bits per heavy atom. The molecule has 0 saturated carbocycles. The highest BCUT2D eigenvalue weighted by molar-refractivity contribution is 7.89. The molecule has 1 atom stereocenters. The summed E-state index contributed by atoms with van der Waals surface area (Å²) in [6.07, 6.45) is 5.30. The third-order valence-corrected chi connectivity index (χ3v) is 5.91. The van der Waals surface area contributed by atoms with Gasteiger partial charge in [-0.3, -0.25) is 9.59 Å². The number of nitrogens with one attached hydrogen (secondary N) is 2. The van der Waals surface area contributed by atoms with Gasteiger partial charge in [0.05, 0.1) is 10.9 Å². The molecule has 0 aliphatic carbocycles. The Labute approximate surface area is 155 Å². The topological polar surface area (TPSA) is 95.6 Å². The van der Waals surface area contributed by atoms with Crippen LogP contribution in [0.4, 0.5) is 5.69 Å². The molecule has 1 heterocycles. The van der Waals surface area contributed by atoms with Gasteiger partial charge in [-0.15, -0.1) is 0 Å². The maximum absolute atomic E-state index is 12.6. The number of likely N-dealkylation sites (tertiary alicyclic amines) is 1. The van der Waals surface area contributed by atoms with Crippen molar-refractivity contribution in [3.8, 4) is 0 Å². The average molecular weight is 381 g/mol. The number of carbonyl (C=O) groups excluding carboxylic acids is 2. The molecule has 2 N–H and O–H groups in total. The van der Waals surface area contributed by atoms with E-state index in [2.05, 4.69) is 10.0 Å². The van der Waals surface area contributed by atoms with Gasteiger partial charge in [0.15, 0.2) is 0 Å². The number of hydrogen-bond acceptors (Lipinski definition) is 4. The summed E-state index contributed by atoms with van der Waals surface area (Å²) in [6.45, 7) is 4.31. The second-order valence-electron chi connectivity index (χ2n) is 6.64. The SMILES string of the molecule is CC(=O)Nc1ccc(S(=O)(=O)N[C@@H](C)C(=O)N2CCCCCCC2)cc1. The van der Waals surface area contributed by atoms with E-state index in [0.29, 0.717) is 18.8 Å². The van der Waals surface area contributed by atoms with Gasteiger partial charge in [-0.2, -0.15) is 4.72 Å². The number of amides is 2. The summed E-state index contributed by atoms with van der Waals surface area (Å²) in [5.74, 6) is -0.420. The number of anilines is 1. The maximum atomic E-state index is 12.6. The molecular formula is C18H27N3O4S. The average Bonchev–Trinajstić information content (AvgIpc) is 2.53. The van der Waals surface area contributed by atoms with Crippen LogP contribution in [0.15, 0.2) is 29.2 Å². The second-order valence-corrected chi connectivity index (χ2v) is 8.36. The van der Waals surface area contributed by atoms with E-state index in [-0.39, 0.29) is 16.7 Å². The minimum absolute atomic E-state index is 0.0546. The number of carbonyl (C=O) groups is 2. The lowest BCUT2D eigenvalue weighted by atomic mass is 10.1. The number of rotatable bonds is 5. The van der Waals surface area contributed by atoms with E-state index in [4.69, 9.17) is 0 Å². The van der Waals surface area contributed by atoms with E-state index >= 15 is 0 Å². The first-order valence-corrected chi connectivity index (χ1v) is 10.5. The summed E-state index contributed by atoms with van der Waals surface area (Å²) >= 11 is 0. The second kappa shape index (κ2) is 9.14. The Hall–Kier alpha value is -1.93. The zero-order chi connectivity index (χ0) is 19.2. The lowest BCUT2D eigenvalue weighted by molar-refractivity contribution is -0.132. The minimum Gasteiger partial charge on any atom is -0.341 e. The number of benzene rings is 1. The van der Waals surface area contributed by atoms with E-state index in [1.165, 1.54) is 37.6 Å². The van der Waals surface area contributed by atoms with Crippen LogP contribution in [0.1, 0.15) is 46.0 Å². The fourth-order valence-electron chi connectivity index (χ4n) is 3.01. The van der Waals surface area contributed by atoms with Crippen molar-refractivity contribution in [1.29, 1.82) is 0 Å². The predicted octanol–water partition coefficient (Wildman–Crippen LogP) is 2.10. The Bertz CT molecular complexity index is 723. The monoisotopic (exact) mass is 381 g/mol. The van der Waals surface area contributed by atoms with Crippen molar-refractivity contribution in [3.63, 3.8) is 0 Å². The van der Waals surface area contributed by atoms with Crippen molar-refractivity contribution in [2.24, 2.45) is 0 Å². The molecule has 2 amide bonds. The van der Waals surface area contributed by atoms with Crippen LogP contribution >= 0.6 is 0 Å². The molecule has 1 aromatic carbocycles. The molecule has 0 unspecified atom stereocenters. The van der Waals surface area contributed by atoms with Crippen LogP contribution < -0.4 is 10.0 Å². The van der Waals surface area contributed by atoms with Crippen LogP contribution in [0.2, 0.25) is 0 Å². The highest BCUT2D eigenvalue weighted by Crippen LogP contribution is 2.16. The number of nitrogens with zero attached hydrogens (tertiary/aromatic N) is 1. The molecule has 26 heavy (non-hydrogen) atoms. The zero-order valence-corrected chi connectivity index (χ0v) is 16.1. The van der Waals surface area contributed by atoms with E-state index in [1.807, 2.05) is 0 Å². The van der Waals surface area contributed by atoms with Crippen LogP contribution in [-0.2, 0) is 19.6 Å². The fourth-order valence-corrected chi connectivity index (χ4v) is 4.21. The van der Waals surface area contributed by atoms with Crippen LogP contribution in [0.25, 0.3) is 0 Å². The van der Waals surface area contributed by atoms with Crippen LogP contribution in [-0.4, -0.2) is 44.3 Å². The Morgan fingerprint density at radius 1 is 1.00 bits per heavy atom. The maximum Gasteiger partial charge on any atom is 0.241 e. The smallest absolute Gasteiger partial charge is 0.241 e. The molecule has 0 bridgehead atoms. The van der Waals surface area contributed by atoms with E-state index < -0.39 is 16.1 Å². The molecule has 1 aliphatic heterocycles. The third-order valence-electron chi connectivity index (χ3n) is 4.36. The van der Waals surface area contributed by atoms with Crippen LogP contribution in [0, 0.1) is 0 Å². The van der Waals surface area contributed by atoms with Crippen LogP contribution in [0.5, 0.6) is 0 Å². The van der Waals surface area contributed by atoms with Gasteiger partial charge in [-0.05, 0) is 44.0 Å². The first-order chi connectivity index (χ1) is 12.3. The van der Waals surface area contributed by atoms with Gasteiger partial charge < -0.3 is 10.2 Å². The van der Waals surface area contributed by atoms with Gasteiger partial charge >= 0.3 is 0 Å². The number of sulfonamides is 1. The van der Waals surface area contributed by atoms with Gasteiger partial charge in [0.1, 0.15) is 0 Å². The summed E-state index contributed by atoms with van der Waals surface area (Å²) in [5, 5.41) is 2.58. The summed E-state index contributed by atoms with van der Waals surface area (Å²) in [4.78, 5) is 25.4. The molecule has 8 heteroatoms.